The van der Waals surface area contributed by atoms with Crippen LogP contribution in [0.25, 0.3) is 17.5 Å². The lowest BCUT2D eigenvalue weighted by Gasteiger charge is -2.10. The highest BCUT2D eigenvalue weighted by Crippen LogP contribution is 2.30. The van der Waals surface area contributed by atoms with E-state index in [-0.39, 0.29) is 5.82 Å². The Bertz CT molecular complexity index is 1230. The number of nitrogens with one attached hydrogen (secondary N) is 1. The molecule has 4 aromatic rings. The fourth-order valence-electron chi connectivity index (χ4n) is 2.95. The summed E-state index contributed by atoms with van der Waals surface area (Å²) in [7, 11) is 0. The van der Waals surface area contributed by atoms with Gasteiger partial charge in [-0.1, -0.05) is 17.4 Å². The van der Waals surface area contributed by atoms with Crippen molar-refractivity contribution < 1.29 is 13.2 Å². The Labute approximate surface area is 181 Å². The van der Waals surface area contributed by atoms with E-state index >= 15 is 0 Å². The summed E-state index contributed by atoms with van der Waals surface area (Å²) in [4.78, 5) is 12.4. The molecule has 0 saturated heterocycles. The molecular weight excluding hydrogens is 419 g/mol. The van der Waals surface area contributed by atoms with Crippen LogP contribution in [-0.2, 0) is 12.7 Å². The van der Waals surface area contributed by atoms with Crippen LogP contribution < -0.4 is 5.32 Å². The van der Waals surface area contributed by atoms with Gasteiger partial charge in [-0.3, -0.25) is 4.98 Å². The molecule has 0 amide bonds. The highest BCUT2D eigenvalue weighted by molar-refractivity contribution is 5.61. The van der Waals surface area contributed by atoms with E-state index in [0.717, 1.165) is 29.5 Å². The Morgan fingerprint density at radius 1 is 1.00 bits per heavy atom. The molecular formula is C22H18F3N7. The molecule has 0 aliphatic heterocycles. The van der Waals surface area contributed by atoms with Crippen LogP contribution in [0, 0.1) is 6.92 Å². The van der Waals surface area contributed by atoms with E-state index < -0.39 is 11.7 Å². The normalized spacial score (nSPS) is 11.8. The van der Waals surface area contributed by atoms with Crippen LogP contribution in [0.2, 0.25) is 0 Å². The Morgan fingerprint density at radius 2 is 1.81 bits per heavy atom. The summed E-state index contributed by atoms with van der Waals surface area (Å²) in [6, 6.07) is 9.19. The lowest BCUT2D eigenvalue weighted by molar-refractivity contribution is -0.137. The van der Waals surface area contributed by atoms with E-state index in [2.05, 4.69) is 30.6 Å². The predicted octanol–water partition coefficient (Wildman–Crippen LogP) is 4.91. The summed E-state index contributed by atoms with van der Waals surface area (Å²) >= 11 is 0. The molecule has 7 nitrogen and oxygen atoms in total. The molecule has 4 aromatic heterocycles. The van der Waals surface area contributed by atoms with E-state index in [4.69, 9.17) is 0 Å². The third kappa shape index (κ3) is 5.34. The highest BCUT2D eigenvalue weighted by Gasteiger charge is 2.30. The van der Waals surface area contributed by atoms with E-state index in [1.807, 2.05) is 37.3 Å². The Morgan fingerprint density at radius 3 is 2.59 bits per heavy atom. The second-order valence-corrected chi connectivity index (χ2v) is 6.98. The minimum absolute atomic E-state index is 0.0498. The molecule has 0 radical (unpaired) electrons. The second-order valence-electron chi connectivity index (χ2n) is 6.98. The highest BCUT2D eigenvalue weighted by atomic mass is 19.4. The van der Waals surface area contributed by atoms with Crippen LogP contribution in [0.5, 0.6) is 0 Å². The number of rotatable bonds is 6. The molecule has 0 aliphatic carbocycles. The number of hydrogen-bond acceptors (Lipinski definition) is 6. The van der Waals surface area contributed by atoms with Gasteiger partial charge >= 0.3 is 6.18 Å². The fourth-order valence-corrected chi connectivity index (χ4v) is 2.95. The van der Waals surface area contributed by atoms with Crippen molar-refractivity contribution in [2.24, 2.45) is 0 Å². The minimum atomic E-state index is -4.45. The van der Waals surface area contributed by atoms with Gasteiger partial charge in [-0.05, 0) is 54.4 Å². The second kappa shape index (κ2) is 8.96. The summed E-state index contributed by atoms with van der Waals surface area (Å²) in [5.74, 6) is 0.410. The molecule has 4 rings (SSSR count). The average molecular weight is 437 g/mol. The maximum atomic E-state index is 12.9. The van der Waals surface area contributed by atoms with Gasteiger partial charge in [0.25, 0.3) is 0 Å². The molecule has 0 bridgehead atoms. The zero-order valence-electron chi connectivity index (χ0n) is 17.0. The molecule has 10 heteroatoms. The Hall–Kier alpha value is -4.08. The van der Waals surface area contributed by atoms with Gasteiger partial charge in [0.05, 0.1) is 24.0 Å². The largest absolute Gasteiger partial charge is 0.416 e. The fraction of sp³-hybridized carbons (Fsp3) is 0.136. The maximum Gasteiger partial charge on any atom is 0.416 e. The van der Waals surface area contributed by atoms with Gasteiger partial charge in [0.15, 0.2) is 0 Å². The van der Waals surface area contributed by atoms with Crippen LogP contribution in [-0.4, -0.2) is 29.9 Å². The molecule has 1 N–H and O–H groups in total. The van der Waals surface area contributed by atoms with Gasteiger partial charge in [0.1, 0.15) is 17.3 Å². The third-order valence-electron chi connectivity index (χ3n) is 4.42. The van der Waals surface area contributed by atoms with Crippen molar-refractivity contribution >= 4 is 17.7 Å². The quantitative estimate of drug-likeness (QED) is 0.461. The average Bonchev–Trinajstić information content (AvgIpc) is 3.23. The molecule has 0 aromatic carbocycles. The summed E-state index contributed by atoms with van der Waals surface area (Å²) < 4.78 is 40.5. The van der Waals surface area contributed by atoms with Crippen LogP contribution in [0.3, 0.4) is 0 Å². The zero-order chi connectivity index (χ0) is 22.6. The van der Waals surface area contributed by atoms with E-state index in [9.17, 15) is 13.2 Å². The SMILES string of the molecule is Cc1cc(Nc2cc(C(F)(F)F)ccn2)nc(-c2cn(C/C=C/c3ccncc3)nn2)c1. The first-order valence-electron chi connectivity index (χ1n) is 9.63. The third-order valence-corrected chi connectivity index (χ3v) is 4.42. The number of nitrogens with zero attached hydrogens (tertiary/aromatic N) is 6. The first kappa shape index (κ1) is 21.2. The summed E-state index contributed by atoms with van der Waals surface area (Å²) in [6.07, 6.45) is 5.75. The maximum absolute atomic E-state index is 12.9. The molecule has 0 unspecified atom stereocenters. The Kier molecular flexibility index (Phi) is 5.93. The van der Waals surface area contributed by atoms with Crippen molar-refractivity contribution in [1.29, 1.82) is 0 Å². The number of aryl methyl sites for hydroxylation is 1. The smallest absolute Gasteiger partial charge is 0.325 e. The van der Waals surface area contributed by atoms with E-state index in [0.29, 0.717) is 23.8 Å². The van der Waals surface area contributed by atoms with Gasteiger partial charge in [-0.2, -0.15) is 13.2 Å². The van der Waals surface area contributed by atoms with Crippen molar-refractivity contribution in [3.63, 3.8) is 0 Å². The monoisotopic (exact) mass is 437 g/mol. The standard InChI is InChI=1S/C22H18F3N7/c1-15-11-18(19-14-32(31-30-19)10-2-3-16-4-7-26-8-5-16)28-21(12-15)29-20-13-17(6-9-27-20)22(23,24)25/h2-9,11-14H,10H2,1H3,(H,27,28,29)/b3-2+. The van der Waals surface area contributed by atoms with Gasteiger partial charge in [-0.25, -0.2) is 14.6 Å². The lowest BCUT2D eigenvalue weighted by atomic mass is 10.2. The molecule has 162 valence electrons. The topological polar surface area (TPSA) is 81.4 Å². The van der Waals surface area contributed by atoms with Gasteiger partial charge in [0, 0.05) is 18.6 Å². The molecule has 0 atom stereocenters. The number of anilines is 2. The molecule has 32 heavy (non-hydrogen) atoms. The molecule has 0 saturated carbocycles. The summed E-state index contributed by atoms with van der Waals surface area (Å²) in [6.45, 7) is 2.37. The molecule has 0 fully saturated rings. The first-order valence-corrected chi connectivity index (χ1v) is 9.63. The molecule has 4 heterocycles. The minimum Gasteiger partial charge on any atom is -0.325 e. The number of aromatic nitrogens is 6. The van der Waals surface area contributed by atoms with Crippen LogP contribution in [0.15, 0.2) is 67.3 Å². The summed E-state index contributed by atoms with van der Waals surface area (Å²) in [5, 5.41) is 11.1. The van der Waals surface area contributed by atoms with Crippen LogP contribution in [0.1, 0.15) is 16.7 Å². The number of allylic oxidation sites excluding steroid dienone is 1. The van der Waals surface area contributed by atoms with Crippen LogP contribution in [0.4, 0.5) is 24.8 Å². The van der Waals surface area contributed by atoms with Gasteiger partial charge in [0.2, 0.25) is 0 Å². The van der Waals surface area contributed by atoms with E-state index in [1.165, 1.54) is 0 Å². The Balaban J connectivity index is 1.50. The van der Waals surface area contributed by atoms with Gasteiger partial charge in [-0.15, -0.1) is 5.10 Å². The first-order chi connectivity index (χ1) is 15.4. The number of hydrogen-bond donors (Lipinski definition) is 1. The van der Waals surface area contributed by atoms with Crippen molar-refractivity contribution in [1.82, 2.24) is 29.9 Å². The van der Waals surface area contributed by atoms with E-state index in [1.54, 1.807) is 29.3 Å². The summed E-state index contributed by atoms with van der Waals surface area (Å²) in [5.41, 5.74) is 2.19. The van der Waals surface area contributed by atoms with Crippen molar-refractivity contribution in [2.75, 3.05) is 5.32 Å². The zero-order valence-corrected chi connectivity index (χ0v) is 17.0. The van der Waals surface area contributed by atoms with Crippen molar-refractivity contribution in [3.05, 3.63) is 84.0 Å². The number of alkyl halides is 3. The molecule has 0 spiro atoms. The number of halogens is 3. The lowest BCUT2D eigenvalue weighted by Crippen LogP contribution is -2.06. The number of pyridine rings is 3. The van der Waals surface area contributed by atoms with Gasteiger partial charge < -0.3 is 5.32 Å². The molecule has 0 aliphatic rings. The van der Waals surface area contributed by atoms with Crippen LogP contribution >= 0.6 is 0 Å². The predicted molar refractivity (Wildman–Crippen MR) is 114 cm³/mol. The van der Waals surface area contributed by atoms with Crippen molar-refractivity contribution in [3.8, 4) is 11.4 Å². The van der Waals surface area contributed by atoms with Crippen molar-refractivity contribution in [2.45, 2.75) is 19.6 Å².